The smallest absolute Gasteiger partial charge is 0.146 e. The molecule has 0 spiro atoms. The van der Waals surface area contributed by atoms with Gasteiger partial charge < -0.3 is 10.2 Å². The van der Waals surface area contributed by atoms with Crippen molar-refractivity contribution in [3.05, 3.63) is 59.7 Å². The maximum atomic E-state index is 14.1. The average molecular weight is 288 g/mol. The first-order valence-corrected chi connectivity index (χ1v) is 7.16. The fourth-order valence-electron chi connectivity index (χ4n) is 2.42. The lowest BCUT2D eigenvalue weighted by Gasteiger charge is -2.23. The van der Waals surface area contributed by atoms with Crippen molar-refractivity contribution in [1.29, 1.82) is 0 Å². The Kier molecular flexibility index (Phi) is 3.88. The van der Waals surface area contributed by atoms with E-state index in [9.17, 15) is 8.78 Å². The van der Waals surface area contributed by atoms with Gasteiger partial charge in [-0.1, -0.05) is 18.2 Å². The van der Waals surface area contributed by atoms with Crippen molar-refractivity contribution in [2.24, 2.45) is 0 Å². The normalized spacial score (nSPS) is 14.2. The number of hydrogen-bond acceptors (Lipinski definition) is 2. The molecule has 21 heavy (non-hydrogen) atoms. The number of halogens is 2. The van der Waals surface area contributed by atoms with Gasteiger partial charge in [0, 0.05) is 30.9 Å². The summed E-state index contributed by atoms with van der Waals surface area (Å²) in [6, 6.07) is 11.9. The molecule has 1 fully saturated rings. The molecule has 4 heteroatoms. The third-order valence-electron chi connectivity index (χ3n) is 3.81. The Hall–Kier alpha value is -1.94. The molecule has 1 saturated carbocycles. The van der Waals surface area contributed by atoms with Crippen LogP contribution in [0.15, 0.2) is 42.5 Å². The average Bonchev–Trinajstić information content (AvgIpc) is 3.30. The Morgan fingerprint density at radius 3 is 2.38 bits per heavy atom. The van der Waals surface area contributed by atoms with E-state index in [0.29, 0.717) is 29.5 Å². The first-order valence-electron chi connectivity index (χ1n) is 7.16. The second-order valence-electron chi connectivity index (χ2n) is 5.40. The van der Waals surface area contributed by atoms with Gasteiger partial charge >= 0.3 is 0 Å². The number of benzene rings is 2. The number of nitrogens with zero attached hydrogens (tertiary/aromatic N) is 1. The van der Waals surface area contributed by atoms with Crippen LogP contribution in [-0.2, 0) is 6.54 Å². The molecule has 0 bridgehead atoms. The highest BCUT2D eigenvalue weighted by Crippen LogP contribution is 2.31. The van der Waals surface area contributed by atoms with Crippen LogP contribution in [0.2, 0.25) is 0 Å². The molecule has 2 nitrogen and oxygen atoms in total. The number of anilines is 2. The molecule has 0 saturated heterocycles. The molecule has 0 heterocycles. The minimum absolute atomic E-state index is 0.260. The van der Waals surface area contributed by atoms with Gasteiger partial charge in [-0.15, -0.1) is 0 Å². The van der Waals surface area contributed by atoms with Gasteiger partial charge in [0.25, 0.3) is 0 Å². The van der Waals surface area contributed by atoms with E-state index in [1.165, 1.54) is 12.1 Å². The van der Waals surface area contributed by atoms with Gasteiger partial charge in [-0.25, -0.2) is 8.78 Å². The third kappa shape index (κ3) is 3.05. The highest BCUT2D eigenvalue weighted by molar-refractivity contribution is 5.66. The quantitative estimate of drug-likeness (QED) is 0.895. The van der Waals surface area contributed by atoms with Gasteiger partial charge in [0.2, 0.25) is 0 Å². The highest BCUT2D eigenvalue weighted by Gasteiger charge is 2.22. The highest BCUT2D eigenvalue weighted by atomic mass is 19.1. The molecular formula is C17H18F2N2. The van der Waals surface area contributed by atoms with Gasteiger partial charge in [0.15, 0.2) is 0 Å². The summed E-state index contributed by atoms with van der Waals surface area (Å²) >= 11 is 0. The predicted molar refractivity (Wildman–Crippen MR) is 80.7 cm³/mol. The van der Waals surface area contributed by atoms with Crippen LogP contribution in [0.4, 0.5) is 20.2 Å². The van der Waals surface area contributed by atoms with Crippen molar-refractivity contribution in [1.82, 2.24) is 5.32 Å². The zero-order valence-electron chi connectivity index (χ0n) is 11.9. The van der Waals surface area contributed by atoms with Crippen LogP contribution in [0.5, 0.6) is 0 Å². The topological polar surface area (TPSA) is 15.3 Å². The summed E-state index contributed by atoms with van der Waals surface area (Å²) in [6.45, 7) is 0.464. The molecule has 0 amide bonds. The lowest BCUT2D eigenvalue weighted by Crippen LogP contribution is -2.20. The first-order chi connectivity index (χ1) is 10.2. The number of nitrogens with one attached hydrogen (secondary N) is 1. The van der Waals surface area contributed by atoms with E-state index in [0.717, 1.165) is 12.8 Å². The number of hydrogen-bond donors (Lipinski definition) is 1. The Morgan fingerprint density at radius 2 is 1.67 bits per heavy atom. The lowest BCUT2D eigenvalue weighted by atomic mass is 10.1. The Labute approximate surface area is 123 Å². The number of rotatable bonds is 5. The molecule has 1 aliphatic rings. The van der Waals surface area contributed by atoms with Crippen molar-refractivity contribution in [3.63, 3.8) is 0 Å². The van der Waals surface area contributed by atoms with E-state index in [1.807, 2.05) is 6.07 Å². The Morgan fingerprint density at radius 1 is 1.00 bits per heavy atom. The molecule has 0 unspecified atom stereocenters. The Bertz CT molecular complexity index is 638. The molecule has 2 aromatic rings. The fraction of sp³-hybridized carbons (Fsp3) is 0.294. The van der Waals surface area contributed by atoms with Crippen LogP contribution in [0.3, 0.4) is 0 Å². The van der Waals surface area contributed by atoms with Crippen LogP contribution < -0.4 is 10.2 Å². The SMILES string of the molecule is CN(c1ccccc1F)c1cccc(F)c1CNC1CC1. The summed E-state index contributed by atoms with van der Waals surface area (Å²) in [6.07, 6.45) is 2.29. The maximum Gasteiger partial charge on any atom is 0.146 e. The van der Waals surface area contributed by atoms with Gasteiger partial charge in [-0.3, -0.25) is 0 Å². The monoisotopic (exact) mass is 288 g/mol. The lowest BCUT2D eigenvalue weighted by molar-refractivity contribution is 0.586. The minimum Gasteiger partial charge on any atom is -0.342 e. The summed E-state index contributed by atoms with van der Waals surface area (Å²) < 4.78 is 28.1. The summed E-state index contributed by atoms with van der Waals surface area (Å²) in [5.74, 6) is -0.575. The van der Waals surface area contributed by atoms with Gasteiger partial charge in [-0.05, 0) is 37.1 Å². The first kappa shape index (κ1) is 14.0. The summed E-state index contributed by atoms with van der Waals surface area (Å²) in [5, 5.41) is 3.31. The molecule has 3 rings (SSSR count). The zero-order chi connectivity index (χ0) is 14.8. The third-order valence-corrected chi connectivity index (χ3v) is 3.81. The van der Waals surface area contributed by atoms with Crippen LogP contribution in [0.25, 0.3) is 0 Å². The van der Waals surface area contributed by atoms with Crippen molar-refractivity contribution >= 4 is 11.4 Å². The molecule has 0 aromatic heterocycles. The van der Waals surface area contributed by atoms with Crippen LogP contribution in [-0.4, -0.2) is 13.1 Å². The Balaban J connectivity index is 1.93. The zero-order valence-corrected chi connectivity index (χ0v) is 11.9. The van der Waals surface area contributed by atoms with E-state index < -0.39 is 0 Å². The second kappa shape index (κ2) is 5.82. The van der Waals surface area contributed by atoms with E-state index in [4.69, 9.17) is 0 Å². The van der Waals surface area contributed by atoms with Crippen molar-refractivity contribution in [3.8, 4) is 0 Å². The van der Waals surface area contributed by atoms with E-state index in [-0.39, 0.29) is 11.6 Å². The van der Waals surface area contributed by atoms with E-state index in [1.54, 1.807) is 36.2 Å². The largest absolute Gasteiger partial charge is 0.342 e. The summed E-state index contributed by atoms with van der Waals surface area (Å²) in [7, 11) is 1.76. The van der Waals surface area contributed by atoms with E-state index >= 15 is 0 Å². The molecule has 0 aliphatic heterocycles. The molecule has 1 aliphatic carbocycles. The van der Waals surface area contributed by atoms with Gasteiger partial charge in [0.1, 0.15) is 11.6 Å². The van der Waals surface area contributed by atoms with Crippen LogP contribution >= 0.6 is 0 Å². The molecule has 0 atom stereocenters. The molecular weight excluding hydrogens is 270 g/mol. The van der Waals surface area contributed by atoms with Crippen LogP contribution in [0, 0.1) is 11.6 Å². The van der Waals surface area contributed by atoms with Crippen molar-refractivity contribution in [2.45, 2.75) is 25.4 Å². The summed E-state index contributed by atoms with van der Waals surface area (Å²) in [4.78, 5) is 1.70. The van der Waals surface area contributed by atoms with Gasteiger partial charge in [-0.2, -0.15) is 0 Å². The molecule has 110 valence electrons. The standard InChI is InChI=1S/C17H18F2N2/c1-21(17-7-3-2-5-15(17)19)16-8-4-6-14(18)13(16)11-20-12-9-10-12/h2-8,12,20H,9-11H2,1H3. The van der Waals surface area contributed by atoms with Crippen molar-refractivity contribution in [2.75, 3.05) is 11.9 Å². The predicted octanol–water partition coefficient (Wildman–Crippen LogP) is 3.98. The number of para-hydroxylation sites is 1. The van der Waals surface area contributed by atoms with E-state index in [2.05, 4.69) is 5.32 Å². The van der Waals surface area contributed by atoms with Crippen molar-refractivity contribution < 1.29 is 8.78 Å². The van der Waals surface area contributed by atoms with Gasteiger partial charge in [0.05, 0.1) is 5.69 Å². The van der Waals surface area contributed by atoms with Crippen LogP contribution in [0.1, 0.15) is 18.4 Å². The summed E-state index contributed by atoms with van der Waals surface area (Å²) in [5.41, 5.74) is 1.71. The molecule has 2 aromatic carbocycles. The molecule has 1 N–H and O–H groups in total. The minimum atomic E-state index is -0.314. The maximum absolute atomic E-state index is 14.1. The fourth-order valence-corrected chi connectivity index (χ4v) is 2.42. The second-order valence-corrected chi connectivity index (χ2v) is 5.40. The molecule has 0 radical (unpaired) electrons.